The topological polar surface area (TPSA) is 61.0 Å². The number of ether oxygens (including phenoxy) is 1. The van der Waals surface area contributed by atoms with E-state index in [2.05, 4.69) is 9.97 Å². The zero-order valence-corrected chi connectivity index (χ0v) is 11.0. The molecular formula is C13H14ClN3O. The van der Waals surface area contributed by atoms with Gasteiger partial charge in [-0.3, -0.25) is 0 Å². The van der Waals surface area contributed by atoms with Crippen LogP contribution in [-0.4, -0.2) is 9.97 Å². The first-order valence-corrected chi connectivity index (χ1v) is 5.91. The highest BCUT2D eigenvalue weighted by Gasteiger charge is 2.04. The lowest BCUT2D eigenvalue weighted by molar-refractivity contribution is 0.293. The van der Waals surface area contributed by atoms with Crippen molar-refractivity contribution < 1.29 is 4.74 Å². The number of halogens is 1. The van der Waals surface area contributed by atoms with Crippen molar-refractivity contribution in [3.63, 3.8) is 0 Å². The lowest BCUT2D eigenvalue weighted by Gasteiger charge is -2.09. The fourth-order valence-corrected chi connectivity index (χ4v) is 1.86. The molecule has 2 N–H and O–H groups in total. The number of aromatic nitrogens is 2. The molecule has 0 fully saturated rings. The lowest BCUT2D eigenvalue weighted by Crippen LogP contribution is -2.05. The van der Waals surface area contributed by atoms with Gasteiger partial charge in [-0.2, -0.15) is 0 Å². The summed E-state index contributed by atoms with van der Waals surface area (Å²) in [5.41, 5.74) is 7.46. The zero-order valence-electron chi connectivity index (χ0n) is 10.3. The zero-order chi connectivity index (χ0) is 13.1. The number of anilines is 1. The van der Waals surface area contributed by atoms with Crippen LogP contribution in [0.2, 0.25) is 5.02 Å². The number of hydrogen-bond donors (Lipinski definition) is 1. The first-order valence-electron chi connectivity index (χ1n) is 5.53. The Balaban J connectivity index is 2.11. The second kappa shape index (κ2) is 5.23. The highest BCUT2D eigenvalue weighted by atomic mass is 35.5. The largest absolute Gasteiger partial charge is 0.485 e. The van der Waals surface area contributed by atoms with Gasteiger partial charge in [0.25, 0.3) is 0 Å². The summed E-state index contributed by atoms with van der Waals surface area (Å²) in [6.07, 6.45) is 0. The molecule has 1 aromatic heterocycles. The molecule has 1 heterocycles. The quantitative estimate of drug-likeness (QED) is 0.925. The molecule has 94 valence electrons. The number of benzene rings is 1. The van der Waals surface area contributed by atoms with E-state index in [4.69, 9.17) is 22.1 Å². The van der Waals surface area contributed by atoms with Crippen LogP contribution < -0.4 is 10.5 Å². The maximum Gasteiger partial charge on any atom is 0.168 e. The van der Waals surface area contributed by atoms with Crippen LogP contribution in [0.4, 0.5) is 5.82 Å². The second-order valence-corrected chi connectivity index (χ2v) is 4.49. The summed E-state index contributed by atoms with van der Waals surface area (Å²) in [7, 11) is 0. The van der Waals surface area contributed by atoms with E-state index in [9.17, 15) is 0 Å². The molecule has 0 aliphatic heterocycles. The predicted octanol–water partition coefficient (Wildman–Crippen LogP) is 2.91. The Morgan fingerprint density at radius 1 is 1.22 bits per heavy atom. The van der Waals surface area contributed by atoms with Gasteiger partial charge < -0.3 is 10.5 Å². The number of hydrogen-bond acceptors (Lipinski definition) is 4. The first-order chi connectivity index (χ1) is 8.54. The van der Waals surface area contributed by atoms with Crippen molar-refractivity contribution in [2.75, 3.05) is 5.73 Å². The van der Waals surface area contributed by atoms with E-state index in [-0.39, 0.29) is 6.61 Å². The molecule has 0 saturated carbocycles. The second-order valence-electron chi connectivity index (χ2n) is 4.05. The van der Waals surface area contributed by atoms with Crippen molar-refractivity contribution >= 4 is 17.4 Å². The van der Waals surface area contributed by atoms with Crippen molar-refractivity contribution in [2.24, 2.45) is 0 Å². The monoisotopic (exact) mass is 263 g/mol. The van der Waals surface area contributed by atoms with E-state index in [0.717, 1.165) is 17.0 Å². The van der Waals surface area contributed by atoms with Gasteiger partial charge in [0.15, 0.2) is 5.82 Å². The highest BCUT2D eigenvalue weighted by molar-refractivity contribution is 6.30. The number of nitrogen functional groups attached to an aromatic ring is 1. The third kappa shape index (κ3) is 3.11. The summed E-state index contributed by atoms with van der Waals surface area (Å²) in [4.78, 5) is 8.37. The summed E-state index contributed by atoms with van der Waals surface area (Å²) < 4.78 is 5.65. The van der Waals surface area contributed by atoms with Crippen molar-refractivity contribution in [2.45, 2.75) is 20.5 Å². The van der Waals surface area contributed by atoms with Crippen molar-refractivity contribution in [1.82, 2.24) is 9.97 Å². The van der Waals surface area contributed by atoms with Crippen LogP contribution in [0.25, 0.3) is 0 Å². The Morgan fingerprint density at radius 3 is 2.67 bits per heavy atom. The molecule has 5 heteroatoms. The van der Waals surface area contributed by atoms with Gasteiger partial charge in [-0.25, -0.2) is 9.97 Å². The molecule has 0 radical (unpaired) electrons. The van der Waals surface area contributed by atoms with E-state index in [1.54, 1.807) is 12.1 Å². The molecule has 0 aliphatic rings. The summed E-state index contributed by atoms with van der Waals surface area (Å²) in [5.74, 6) is 1.79. The molecule has 1 aromatic carbocycles. The molecule has 4 nitrogen and oxygen atoms in total. The number of aryl methyl sites for hydroxylation is 2. The Morgan fingerprint density at radius 2 is 2.00 bits per heavy atom. The standard InChI is InChI=1S/C13H14ClN3O/c1-8-5-10(14)3-4-11(8)18-7-13-16-9(2)6-12(15)17-13/h3-6H,7H2,1-2H3,(H2,15,16,17). The Kier molecular flexibility index (Phi) is 3.67. The van der Waals surface area contributed by atoms with E-state index in [1.165, 1.54) is 0 Å². The minimum Gasteiger partial charge on any atom is -0.485 e. The summed E-state index contributed by atoms with van der Waals surface area (Å²) >= 11 is 5.88. The van der Waals surface area contributed by atoms with Crippen LogP contribution in [0.15, 0.2) is 24.3 Å². The summed E-state index contributed by atoms with van der Waals surface area (Å²) in [6, 6.07) is 7.19. The van der Waals surface area contributed by atoms with E-state index >= 15 is 0 Å². The average Bonchev–Trinajstić information content (AvgIpc) is 2.26. The molecule has 0 amide bonds. The minimum atomic E-state index is 0.286. The Hall–Kier alpha value is -1.81. The predicted molar refractivity (Wildman–Crippen MR) is 71.7 cm³/mol. The number of nitrogens with two attached hydrogens (primary N) is 1. The maximum absolute atomic E-state index is 5.88. The van der Waals surface area contributed by atoms with Gasteiger partial charge in [0.1, 0.15) is 18.2 Å². The van der Waals surface area contributed by atoms with Crippen LogP contribution in [0, 0.1) is 13.8 Å². The van der Waals surface area contributed by atoms with Crippen LogP contribution in [0.5, 0.6) is 5.75 Å². The van der Waals surface area contributed by atoms with Gasteiger partial charge in [0.2, 0.25) is 0 Å². The Labute approximate surface area is 111 Å². The lowest BCUT2D eigenvalue weighted by atomic mass is 10.2. The third-order valence-electron chi connectivity index (χ3n) is 2.41. The smallest absolute Gasteiger partial charge is 0.168 e. The molecule has 18 heavy (non-hydrogen) atoms. The maximum atomic E-state index is 5.88. The molecule has 0 bridgehead atoms. The van der Waals surface area contributed by atoms with Gasteiger partial charge in [0.05, 0.1) is 0 Å². The highest BCUT2D eigenvalue weighted by Crippen LogP contribution is 2.22. The summed E-state index contributed by atoms with van der Waals surface area (Å²) in [6.45, 7) is 4.09. The van der Waals surface area contributed by atoms with Crippen LogP contribution in [0.3, 0.4) is 0 Å². The number of nitrogens with zero attached hydrogens (tertiary/aromatic N) is 2. The number of rotatable bonds is 3. The molecular weight excluding hydrogens is 250 g/mol. The Bertz CT molecular complexity index is 552. The van der Waals surface area contributed by atoms with E-state index in [0.29, 0.717) is 16.7 Å². The van der Waals surface area contributed by atoms with Gasteiger partial charge >= 0.3 is 0 Å². The van der Waals surface area contributed by atoms with Crippen molar-refractivity contribution in [1.29, 1.82) is 0 Å². The molecule has 0 spiro atoms. The van der Waals surface area contributed by atoms with Gasteiger partial charge in [0, 0.05) is 16.8 Å². The average molecular weight is 264 g/mol. The van der Waals surface area contributed by atoms with Crippen LogP contribution >= 0.6 is 11.6 Å². The molecule has 2 aromatic rings. The normalized spacial score (nSPS) is 10.4. The molecule has 0 unspecified atom stereocenters. The van der Waals surface area contributed by atoms with Crippen molar-refractivity contribution in [3.05, 3.63) is 46.4 Å². The SMILES string of the molecule is Cc1cc(N)nc(COc2ccc(Cl)cc2C)n1. The van der Waals surface area contributed by atoms with E-state index in [1.807, 2.05) is 26.0 Å². The van der Waals surface area contributed by atoms with Gasteiger partial charge in [-0.05, 0) is 37.6 Å². The fraction of sp³-hybridized carbons (Fsp3) is 0.231. The van der Waals surface area contributed by atoms with Crippen molar-refractivity contribution in [3.8, 4) is 5.75 Å². The van der Waals surface area contributed by atoms with Gasteiger partial charge in [-0.15, -0.1) is 0 Å². The molecule has 0 saturated heterocycles. The third-order valence-corrected chi connectivity index (χ3v) is 2.65. The molecule has 2 rings (SSSR count). The fourth-order valence-electron chi connectivity index (χ4n) is 1.64. The van der Waals surface area contributed by atoms with E-state index < -0.39 is 0 Å². The van der Waals surface area contributed by atoms with Crippen LogP contribution in [-0.2, 0) is 6.61 Å². The van der Waals surface area contributed by atoms with Crippen LogP contribution in [0.1, 0.15) is 17.1 Å². The van der Waals surface area contributed by atoms with Gasteiger partial charge in [-0.1, -0.05) is 11.6 Å². The molecule has 0 aliphatic carbocycles. The minimum absolute atomic E-state index is 0.286. The summed E-state index contributed by atoms with van der Waals surface area (Å²) in [5, 5.41) is 0.691. The molecule has 0 atom stereocenters. The first kappa shape index (κ1) is 12.6.